The number of hydrogen-bond donors (Lipinski definition) is 1. The van der Waals surface area contributed by atoms with Gasteiger partial charge in [-0.1, -0.05) is 38.3 Å². The minimum atomic E-state index is -4.26. The maximum absolute atomic E-state index is 12.7. The second kappa shape index (κ2) is 9.50. The van der Waals surface area contributed by atoms with E-state index in [1.807, 2.05) is 0 Å². The van der Waals surface area contributed by atoms with Crippen molar-refractivity contribution in [3.8, 4) is 0 Å². The van der Waals surface area contributed by atoms with E-state index >= 15 is 0 Å². The summed E-state index contributed by atoms with van der Waals surface area (Å²) in [7, 11) is 0. The minimum absolute atomic E-state index is 0. The summed E-state index contributed by atoms with van der Waals surface area (Å²) in [5, 5.41) is 3.33. The Kier molecular flexibility index (Phi) is 8.37. The van der Waals surface area contributed by atoms with Crippen LogP contribution in [0.2, 0.25) is 0 Å². The molecule has 1 aromatic rings. The van der Waals surface area contributed by atoms with Gasteiger partial charge in [-0.3, -0.25) is 4.90 Å². The van der Waals surface area contributed by atoms with E-state index in [-0.39, 0.29) is 18.4 Å². The van der Waals surface area contributed by atoms with Crippen LogP contribution in [0.15, 0.2) is 24.3 Å². The Morgan fingerprint density at radius 3 is 2.22 bits per heavy atom. The van der Waals surface area contributed by atoms with Gasteiger partial charge >= 0.3 is 6.18 Å². The van der Waals surface area contributed by atoms with E-state index < -0.39 is 11.7 Å². The standard InChI is InChI=1S/C17H25F3N2.ClH/c1-2-3-4-5-16(22-12-10-21-11-13-22)14-6-8-15(9-7-14)17(18,19)20;/h6-9,16,21H,2-5,10-13H2,1H3;1H/t16-;/m0./s1. The summed E-state index contributed by atoms with van der Waals surface area (Å²) in [5.41, 5.74) is 0.440. The van der Waals surface area contributed by atoms with Crippen molar-refractivity contribution in [3.05, 3.63) is 35.4 Å². The Balaban J connectivity index is 0.00000264. The Hall–Kier alpha value is -0.780. The van der Waals surface area contributed by atoms with Gasteiger partial charge in [-0.15, -0.1) is 12.4 Å². The summed E-state index contributed by atoms with van der Waals surface area (Å²) >= 11 is 0. The monoisotopic (exact) mass is 350 g/mol. The SMILES string of the molecule is CCCCC[C@@H](c1ccc(C(F)(F)F)cc1)N1CCNCC1.Cl. The van der Waals surface area contributed by atoms with Crippen molar-refractivity contribution in [3.63, 3.8) is 0 Å². The average Bonchev–Trinajstić information content (AvgIpc) is 2.52. The van der Waals surface area contributed by atoms with Crippen LogP contribution in [-0.2, 0) is 6.18 Å². The highest BCUT2D eigenvalue weighted by Gasteiger charge is 2.30. The predicted octanol–water partition coefficient (Wildman–Crippen LogP) is 4.65. The number of benzene rings is 1. The number of unbranched alkanes of at least 4 members (excludes halogenated alkanes) is 2. The summed E-state index contributed by atoms with van der Waals surface area (Å²) in [6.07, 6.45) is 0.196. The molecule has 1 aliphatic heterocycles. The van der Waals surface area contributed by atoms with E-state index in [0.29, 0.717) is 0 Å². The van der Waals surface area contributed by atoms with Crippen molar-refractivity contribution in [2.45, 2.75) is 44.8 Å². The molecule has 6 heteroatoms. The molecule has 23 heavy (non-hydrogen) atoms. The lowest BCUT2D eigenvalue weighted by atomic mass is 9.97. The predicted molar refractivity (Wildman–Crippen MR) is 90.0 cm³/mol. The van der Waals surface area contributed by atoms with Gasteiger partial charge in [-0.2, -0.15) is 13.2 Å². The molecule has 0 aliphatic carbocycles. The highest BCUT2D eigenvalue weighted by atomic mass is 35.5. The third-order valence-corrected chi connectivity index (χ3v) is 4.30. The van der Waals surface area contributed by atoms with Gasteiger partial charge in [0.25, 0.3) is 0 Å². The maximum atomic E-state index is 12.7. The largest absolute Gasteiger partial charge is 0.416 e. The molecule has 0 unspecified atom stereocenters. The van der Waals surface area contributed by atoms with Crippen LogP contribution in [0.5, 0.6) is 0 Å². The number of halogens is 4. The van der Waals surface area contributed by atoms with E-state index in [1.54, 1.807) is 12.1 Å². The molecule has 1 saturated heterocycles. The number of alkyl halides is 3. The fourth-order valence-corrected chi connectivity index (χ4v) is 3.04. The van der Waals surface area contributed by atoms with Gasteiger partial charge < -0.3 is 5.32 Å². The lowest BCUT2D eigenvalue weighted by Crippen LogP contribution is -2.45. The molecule has 1 atom stereocenters. The summed E-state index contributed by atoms with van der Waals surface area (Å²) in [5.74, 6) is 0. The van der Waals surface area contributed by atoms with Gasteiger partial charge in [0.1, 0.15) is 0 Å². The molecule has 1 fully saturated rings. The first-order chi connectivity index (χ1) is 10.5. The van der Waals surface area contributed by atoms with E-state index in [0.717, 1.165) is 51.0 Å². The second-order valence-corrected chi connectivity index (χ2v) is 5.92. The van der Waals surface area contributed by atoms with Crippen LogP contribution >= 0.6 is 12.4 Å². The van der Waals surface area contributed by atoms with Crippen molar-refractivity contribution in [1.82, 2.24) is 10.2 Å². The summed E-state index contributed by atoms with van der Waals surface area (Å²) in [4.78, 5) is 2.40. The Morgan fingerprint density at radius 2 is 1.70 bits per heavy atom. The van der Waals surface area contributed by atoms with Crippen LogP contribution < -0.4 is 5.32 Å². The Morgan fingerprint density at radius 1 is 1.09 bits per heavy atom. The third kappa shape index (κ3) is 5.98. The highest BCUT2D eigenvalue weighted by molar-refractivity contribution is 5.85. The van der Waals surface area contributed by atoms with E-state index in [2.05, 4.69) is 17.1 Å². The van der Waals surface area contributed by atoms with Crippen molar-refractivity contribution in [2.75, 3.05) is 26.2 Å². The molecule has 132 valence electrons. The molecule has 0 radical (unpaired) electrons. The summed E-state index contributed by atoms with van der Waals surface area (Å²) in [6, 6.07) is 5.97. The van der Waals surface area contributed by atoms with E-state index in [9.17, 15) is 13.2 Å². The number of hydrogen-bond acceptors (Lipinski definition) is 2. The van der Waals surface area contributed by atoms with Gasteiger partial charge in [-0.05, 0) is 24.1 Å². The molecule has 0 spiro atoms. The molecule has 1 aromatic carbocycles. The molecule has 0 amide bonds. The fourth-order valence-electron chi connectivity index (χ4n) is 3.04. The average molecular weight is 351 g/mol. The normalized spacial score (nSPS) is 17.6. The van der Waals surface area contributed by atoms with Gasteiger partial charge in [0.15, 0.2) is 0 Å². The van der Waals surface area contributed by atoms with Crippen LogP contribution in [0.4, 0.5) is 13.2 Å². The first-order valence-corrected chi connectivity index (χ1v) is 8.14. The topological polar surface area (TPSA) is 15.3 Å². The van der Waals surface area contributed by atoms with Crippen LogP contribution in [0.25, 0.3) is 0 Å². The van der Waals surface area contributed by atoms with Crippen LogP contribution in [0.1, 0.15) is 49.8 Å². The molecule has 0 aromatic heterocycles. The van der Waals surface area contributed by atoms with Gasteiger partial charge in [-0.25, -0.2) is 0 Å². The van der Waals surface area contributed by atoms with Gasteiger partial charge in [0, 0.05) is 32.2 Å². The van der Waals surface area contributed by atoms with Crippen molar-refractivity contribution in [1.29, 1.82) is 0 Å². The highest BCUT2D eigenvalue weighted by Crippen LogP contribution is 2.32. The molecule has 2 nitrogen and oxygen atoms in total. The minimum Gasteiger partial charge on any atom is -0.314 e. The molecular formula is C17H26ClF3N2. The number of piperazine rings is 1. The molecule has 1 heterocycles. The first kappa shape index (κ1) is 20.3. The van der Waals surface area contributed by atoms with Crippen molar-refractivity contribution < 1.29 is 13.2 Å². The smallest absolute Gasteiger partial charge is 0.314 e. The zero-order chi connectivity index (χ0) is 16.0. The quantitative estimate of drug-likeness (QED) is 0.751. The molecule has 1 aliphatic rings. The first-order valence-electron chi connectivity index (χ1n) is 8.14. The van der Waals surface area contributed by atoms with Crippen LogP contribution in [-0.4, -0.2) is 31.1 Å². The van der Waals surface area contributed by atoms with Crippen LogP contribution in [0, 0.1) is 0 Å². The Labute approximate surface area is 142 Å². The van der Waals surface area contributed by atoms with Gasteiger partial charge in [0.05, 0.1) is 5.56 Å². The number of rotatable bonds is 6. The zero-order valence-electron chi connectivity index (χ0n) is 13.5. The molecule has 0 bridgehead atoms. The Bertz CT molecular complexity index is 442. The van der Waals surface area contributed by atoms with Crippen molar-refractivity contribution in [2.24, 2.45) is 0 Å². The summed E-state index contributed by atoms with van der Waals surface area (Å²) in [6.45, 7) is 5.98. The molecule has 1 N–H and O–H groups in total. The molecule has 0 saturated carbocycles. The summed E-state index contributed by atoms with van der Waals surface area (Å²) < 4.78 is 38.1. The lowest BCUT2D eigenvalue weighted by molar-refractivity contribution is -0.137. The molecule has 2 rings (SSSR count). The van der Waals surface area contributed by atoms with Crippen LogP contribution in [0.3, 0.4) is 0 Å². The fraction of sp³-hybridized carbons (Fsp3) is 0.647. The van der Waals surface area contributed by atoms with E-state index in [1.165, 1.54) is 18.6 Å². The van der Waals surface area contributed by atoms with Crippen molar-refractivity contribution >= 4 is 12.4 Å². The zero-order valence-corrected chi connectivity index (χ0v) is 14.3. The lowest BCUT2D eigenvalue weighted by Gasteiger charge is -2.35. The number of nitrogens with one attached hydrogen (secondary N) is 1. The molecular weight excluding hydrogens is 325 g/mol. The van der Waals surface area contributed by atoms with E-state index in [4.69, 9.17) is 0 Å². The maximum Gasteiger partial charge on any atom is 0.416 e. The number of nitrogens with zero attached hydrogens (tertiary/aromatic N) is 1. The van der Waals surface area contributed by atoms with Gasteiger partial charge in [0.2, 0.25) is 0 Å². The third-order valence-electron chi connectivity index (χ3n) is 4.30. The second-order valence-electron chi connectivity index (χ2n) is 5.92.